The predicted molar refractivity (Wildman–Crippen MR) is 174 cm³/mol. The molecule has 0 aliphatic rings. The first-order valence-electron chi connectivity index (χ1n) is 17.0. The highest BCUT2D eigenvalue weighted by Crippen LogP contribution is 2.34. The smallest absolute Gasteiger partial charge is 0.309 e. The number of amides is 3. The molecule has 0 aliphatic heterocycles. The monoisotopic (exact) mass is 658 g/mol. The number of hydrogen-bond donors (Lipinski definition) is 3. The molecule has 0 aromatic heterocycles. The van der Waals surface area contributed by atoms with Crippen molar-refractivity contribution in [2.75, 3.05) is 65.9 Å². The fourth-order valence-electron chi connectivity index (χ4n) is 4.94. The first-order valence-corrected chi connectivity index (χ1v) is 17.0. The summed E-state index contributed by atoms with van der Waals surface area (Å²) in [6.07, 6.45) is 12.7. The van der Waals surface area contributed by atoms with Crippen LogP contribution in [0.2, 0.25) is 0 Å². The van der Waals surface area contributed by atoms with Gasteiger partial charge in [-0.1, -0.05) is 65.7 Å². The van der Waals surface area contributed by atoms with E-state index in [-0.39, 0.29) is 63.9 Å². The van der Waals surface area contributed by atoms with Gasteiger partial charge < -0.3 is 29.4 Å². The van der Waals surface area contributed by atoms with Gasteiger partial charge in [-0.15, -0.1) is 0 Å². The molecular formula is C33H60N3O10. The zero-order valence-electron chi connectivity index (χ0n) is 28.5. The Hall–Kier alpha value is -2.61. The molecule has 0 rings (SSSR count). The molecule has 1 atom stereocenters. The van der Waals surface area contributed by atoms with Crippen molar-refractivity contribution in [3.63, 3.8) is 0 Å². The molecule has 0 heterocycles. The standard InChI is InChI=1S/C33H60N3O10/c1-4-14-31(40)36(19-22-44-26-27-46-28-30(39)34-18-21-43-24-25-45-23-20-37)35-29(38)15-12-10-8-7-9-11-13-17-33(6-3,16-5-2)32(41)42/h4-19,21-28H2,1-3H3,(H,34,39)(H,35,38)(H,41,42)/t33-/m0/s1. The van der Waals surface area contributed by atoms with Gasteiger partial charge in [-0.05, 0) is 32.1 Å². The Labute approximate surface area is 275 Å². The summed E-state index contributed by atoms with van der Waals surface area (Å²) in [6, 6.07) is 0. The SMILES string of the molecule is CCCC(=O)N(CCOCCOCC(=O)NCCOCCOC[C]=O)NC(=O)CCCCCCCCC[C@](CC)(CCC)C(=O)O. The molecule has 0 spiro atoms. The second-order valence-electron chi connectivity index (χ2n) is 11.3. The summed E-state index contributed by atoms with van der Waals surface area (Å²) in [5, 5.41) is 13.6. The molecule has 0 aromatic carbocycles. The Balaban J connectivity index is 4.02. The molecule has 1 radical (unpaired) electrons. The van der Waals surface area contributed by atoms with Crippen LogP contribution in [0.25, 0.3) is 0 Å². The van der Waals surface area contributed by atoms with Crippen LogP contribution in [0.3, 0.4) is 0 Å². The normalized spacial score (nSPS) is 12.3. The van der Waals surface area contributed by atoms with Gasteiger partial charge in [0.15, 0.2) is 0 Å². The molecule has 13 heteroatoms. The molecule has 0 unspecified atom stereocenters. The Kier molecular flexibility index (Phi) is 28.1. The topological polar surface area (TPSA) is 170 Å². The van der Waals surface area contributed by atoms with Gasteiger partial charge in [-0.25, -0.2) is 0 Å². The minimum Gasteiger partial charge on any atom is -0.481 e. The second kappa shape index (κ2) is 29.8. The van der Waals surface area contributed by atoms with Crippen molar-refractivity contribution in [3.05, 3.63) is 0 Å². The average Bonchev–Trinajstić information content (AvgIpc) is 3.03. The van der Waals surface area contributed by atoms with E-state index in [1.165, 1.54) is 5.01 Å². The second-order valence-corrected chi connectivity index (χ2v) is 11.3. The number of nitrogens with one attached hydrogen (secondary N) is 2. The van der Waals surface area contributed by atoms with E-state index in [4.69, 9.17) is 18.9 Å². The Morgan fingerprint density at radius 1 is 0.717 bits per heavy atom. The van der Waals surface area contributed by atoms with Crippen LogP contribution in [0.1, 0.15) is 111 Å². The van der Waals surface area contributed by atoms with E-state index < -0.39 is 11.4 Å². The third-order valence-corrected chi connectivity index (χ3v) is 7.61. The third kappa shape index (κ3) is 22.8. The molecule has 13 nitrogen and oxygen atoms in total. The van der Waals surface area contributed by atoms with Crippen molar-refractivity contribution in [1.29, 1.82) is 0 Å². The van der Waals surface area contributed by atoms with Crippen LogP contribution >= 0.6 is 0 Å². The highest BCUT2D eigenvalue weighted by Gasteiger charge is 2.34. The molecule has 3 N–H and O–H groups in total. The summed E-state index contributed by atoms with van der Waals surface area (Å²) in [5.41, 5.74) is 2.14. The van der Waals surface area contributed by atoms with E-state index in [2.05, 4.69) is 10.7 Å². The van der Waals surface area contributed by atoms with Gasteiger partial charge in [-0.3, -0.25) is 34.4 Å². The highest BCUT2D eigenvalue weighted by atomic mass is 16.5. The zero-order chi connectivity index (χ0) is 34.3. The van der Waals surface area contributed by atoms with Crippen LogP contribution in [0.4, 0.5) is 0 Å². The maximum atomic E-state index is 12.5. The fraction of sp³-hybridized carbons (Fsp3) is 0.848. The number of ether oxygens (including phenoxy) is 4. The van der Waals surface area contributed by atoms with Gasteiger partial charge in [0.05, 0.1) is 51.6 Å². The van der Waals surface area contributed by atoms with Gasteiger partial charge in [0.2, 0.25) is 24.0 Å². The van der Waals surface area contributed by atoms with Crippen LogP contribution in [0.5, 0.6) is 0 Å². The number of carbonyl (C=O) groups excluding carboxylic acids is 4. The van der Waals surface area contributed by atoms with E-state index in [1.54, 1.807) is 6.29 Å². The maximum Gasteiger partial charge on any atom is 0.309 e. The van der Waals surface area contributed by atoms with Crippen molar-refractivity contribution in [1.82, 2.24) is 15.8 Å². The Morgan fingerprint density at radius 3 is 1.98 bits per heavy atom. The number of hydrazine groups is 1. The Morgan fingerprint density at radius 2 is 1.35 bits per heavy atom. The zero-order valence-corrected chi connectivity index (χ0v) is 28.5. The van der Waals surface area contributed by atoms with E-state index in [9.17, 15) is 29.1 Å². The first kappa shape index (κ1) is 43.4. The quantitative estimate of drug-likeness (QED) is 0.0715. The van der Waals surface area contributed by atoms with Gasteiger partial charge >= 0.3 is 5.97 Å². The van der Waals surface area contributed by atoms with Crippen molar-refractivity contribution < 1.29 is 48.0 Å². The van der Waals surface area contributed by atoms with Crippen LogP contribution in [0.15, 0.2) is 0 Å². The summed E-state index contributed by atoms with van der Waals surface area (Å²) in [5.74, 6) is -1.32. The van der Waals surface area contributed by atoms with Crippen LogP contribution in [-0.4, -0.2) is 106 Å². The largest absolute Gasteiger partial charge is 0.481 e. The highest BCUT2D eigenvalue weighted by molar-refractivity contribution is 5.82. The van der Waals surface area contributed by atoms with E-state index in [0.29, 0.717) is 45.4 Å². The van der Waals surface area contributed by atoms with Gasteiger partial charge in [0.1, 0.15) is 13.2 Å². The molecule has 267 valence electrons. The molecular weight excluding hydrogens is 598 g/mol. The molecule has 0 saturated carbocycles. The number of carboxylic acid groups (broad SMARTS) is 1. The summed E-state index contributed by atoms with van der Waals surface area (Å²) in [6.45, 7) is 7.78. The fourth-order valence-corrected chi connectivity index (χ4v) is 4.94. The Bertz CT molecular complexity index is 830. The molecule has 0 aromatic rings. The number of aliphatic carboxylic acids is 1. The third-order valence-electron chi connectivity index (χ3n) is 7.61. The maximum absolute atomic E-state index is 12.5. The van der Waals surface area contributed by atoms with Gasteiger partial charge in [0, 0.05) is 19.4 Å². The number of hydrogen-bond acceptors (Lipinski definition) is 9. The molecule has 0 saturated heterocycles. The lowest BCUT2D eigenvalue weighted by Crippen LogP contribution is -2.47. The molecule has 0 aliphatic carbocycles. The first-order chi connectivity index (χ1) is 22.3. The van der Waals surface area contributed by atoms with E-state index in [0.717, 1.165) is 64.2 Å². The lowest BCUT2D eigenvalue weighted by molar-refractivity contribution is -0.150. The summed E-state index contributed by atoms with van der Waals surface area (Å²) < 4.78 is 21.0. The van der Waals surface area contributed by atoms with Crippen LogP contribution < -0.4 is 10.7 Å². The molecule has 0 fully saturated rings. The molecule has 0 bridgehead atoms. The predicted octanol–water partition coefficient (Wildman–Crippen LogP) is 3.73. The summed E-state index contributed by atoms with van der Waals surface area (Å²) in [4.78, 5) is 58.5. The van der Waals surface area contributed by atoms with Crippen molar-refractivity contribution >= 4 is 30.0 Å². The molecule has 3 amide bonds. The van der Waals surface area contributed by atoms with Gasteiger partial charge in [-0.2, -0.15) is 0 Å². The summed E-state index contributed by atoms with van der Waals surface area (Å²) >= 11 is 0. The van der Waals surface area contributed by atoms with Crippen molar-refractivity contribution in [3.8, 4) is 0 Å². The number of unbranched alkanes of at least 4 members (excludes halogenated alkanes) is 6. The minimum absolute atomic E-state index is 0.0877. The van der Waals surface area contributed by atoms with Crippen molar-refractivity contribution in [2.24, 2.45) is 5.41 Å². The number of carbonyl (C=O) groups is 4. The number of nitrogens with zero attached hydrogens (tertiary/aromatic N) is 1. The average molecular weight is 659 g/mol. The summed E-state index contributed by atoms with van der Waals surface area (Å²) in [7, 11) is 0. The minimum atomic E-state index is -0.670. The van der Waals surface area contributed by atoms with Crippen LogP contribution in [0, 0.1) is 5.41 Å². The van der Waals surface area contributed by atoms with E-state index >= 15 is 0 Å². The lowest BCUT2D eigenvalue weighted by atomic mass is 9.76. The van der Waals surface area contributed by atoms with Gasteiger partial charge in [0.25, 0.3) is 0 Å². The lowest BCUT2D eigenvalue weighted by Gasteiger charge is -2.27. The van der Waals surface area contributed by atoms with Crippen molar-refractivity contribution in [2.45, 2.75) is 111 Å². The van der Waals surface area contributed by atoms with Crippen LogP contribution in [-0.2, 0) is 42.9 Å². The number of carboxylic acids is 1. The molecule has 46 heavy (non-hydrogen) atoms. The van der Waals surface area contributed by atoms with E-state index in [1.807, 2.05) is 20.8 Å². The number of rotatable bonds is 32.